The van der Waals surface area contributed by atoms with Crippen LogP contribution in [0, 0.1) is 0 Å². The van der Waals surface area contributed by atoms with Gasteiger partial charge >= 0.3 is 0 Å². The Balaban J connectivity index is 1.93. The van der Waals surface area contributed by atoms with Crippen LogP contribution in [0.5, 0.6) is 0 Å². The summed E-state index contributed by atoms with van der Waals surface area (Å²) < 4.78 is 1.62. The van der Waals surface area contributed by atoms with E-state index in [1.807, 2.05) is 0 Å². The first-order chi connectivity index (χ1) is 10.3. The van der Waals surface area contributed by atoms with E-state index in [1.54, 1.807) is 4.52 Å². The molecule has 0 aromatic carbocycles. The summed E-state index contributed by atoms with van der Waals surface area (Å²) in [6, 6.07) is 0. The molecule has 0 bridgehead atoms. The molecule has 0 spiro atoms. The van der Waals surface area contributed by atoms with Crippen molar-refractivity contribution in [2.75, 3.05) is 12.3 Å². The fraction of sp³-hybridized carbons (Fsp3) is 0.667. The van der Waals surface area contributed by atoms with Gasteiger partial charge in [0.15, 0.2) is 0 Å². The molecule has 0 aliphatic heterocycles. The summed E-state index contributed by atoms with van der Waals surface area (Å²) in [4.78, 5) is 8.64. The van der Waals surface area contributed by atoms with Crippen molar-refractivity contribution < 1.29 is 5.11 Å². The first-order valence-corrected chi connectivity index (χ1v) is 7.85. The van der Waals surface area contributed by atoms with Gasteiger partial charge in [-0.1, -0.05) is 32.6 Å². The topological polar surface area (TPSA) is 89.3 Å². The number of hydrogen-bond acceptors (Lipinski definition) is 5. The Bertz CT molecular complexity index is 566. The minimum atomic E-state index is 0.306. The van der Waals surface area contributed by atoms with Crippen LogP contribution in [0.4, 0.5) is 5.82 Å². The fourth-order valence-electron chi connectivity index (χ4n) is 2.63. The van der Waals surface area contributed by atoms with E-state index in [4.69, 9.17) is 10.8 Å². The zero-order chi connectivity index (χ0) is 15.1. The molecule has 21 heavy (non-hydrogen) atoms. The van der Waals surface area contributed by atoms with Crippen LogP contribution < -0.4 is 5.73 Å². The van der Waals surface area contributed by atoms with Gasteiger partial charge in [0.05, 0.1) is 5.69 Å². The van der Waals surface area contributed by atoms with Crippen LogP contribution in [-0.2, 0) is 12.8 Å². The van der Waals surface area contributed by atoms with Gasteiger partial charge < -0.3 is 10.8 Å². The average molecular weight is 291 g/mol. The molecule has 2 aromatic heterocycles. The van der Waals surface area contributed by atoms with E-state index in [-0.39, 0.29) is 0 Å². The largest absolute Gasteiger partial charge is 0.396 e. The third kappa shape index (κ3) is 3.91. The van der Waals surface area contributed by atoms with Crippen LogP contribution in [0.2, 0.25) is 0 Å². The van der Waals surface area contributed by atoms with Crippen LogP contribution in [0.3, 0.4) is 0 Å². The zero-order valence-electron chi connectivity index (χ0n) is 12.8. The van der Waals surface area contributed by atoms with Gasteiger partial charge in [-0.25, -0.2) is 4.98 Å². The molecule has 116 valence electrons. The maximum absolute atomic E-state index is 8.74. The Morgan fingerprint density at radius 3 is 2.57 bits per heavy atom. The molecule has 0 atom stereocenters. The second-order valence-corrected chi connectivity index (χ2v) is 5.34. The standard InChI is InChI=1S/C15H25N5O/c1-2-13-12(9-7-5-3-4-6-8-10-21)14(16)20-15(19-13)17-11-18-20/h11,21H,2-10,16H2,1H3. The van der Waals surface area contributed by atoms with Crippen molar-refractivity contribution >= 4 is 11.6 Å². The van der Waals surface area contributed by atoms with Crippen molar-refractivity contribution in [3.63, 3.8) is 0 Å². The van der Waals surface area contributed by atoms with E-state index in [1.165, 1.54) is 25.6 Å². The highest BCUT2D eigenvalue weighted by molar-refractivity contribution is 5.49. The van der Waals surface area contributed by atoms with Crippen molar-refractivity contribution in [3.05, 3.63) is 17.6 Å². The summed E-state index contributed by atoms with van der Waals surface area (Å²) in [5.41, 5.74) is 8.36. The van der Waals surface area contributed by atoms with Gasteiger partial charge in [-0.15, -0.1) is 0 Å². The lowest BCUT2D eigenvalue weighted by molar-refractivity contribution is 0.282. The lowest BCUT2D eigenvalue weighted by Gasteiger charge is -2.11. The fourth-order valence-corrected chi connectivity index (χ4v) is 2.63. The SMILES string of the molecule is CCc1nc2ncnn2c(N)c1CCCCCCCCO. The van der Waals surface area contributed by atoms with E-state index in [0.29, 0.717) is 18.2 Å². The monoisotopic (exact) mass is 291 g/mol. The summed E-state index contributed by atoms with van der Waals surface area (Å²) in [5.74, 6) is 1.26. The number of rotatable bonds is 9. The first-order valence-electron chi connectivity index (χ1n) is 7.85. The number of nitrogen functional groups attached to an aromatic ring is 1. The van der Waals surface area contributed by atoms with Crippen LogP contribution in [0.15, 0.2) is 6.33 Å². The van der Waals surface area contributed by atoms with Crippen LogP contribution in [0.25, 0.3) is 5.78 Å². The minimum absolute atomic E-state index is 0.306. The smallest absolute Gasteiger partial charge is 0.254 e. The van der Waals surface area contributed by atoms with Gasteiger partial charge in [0.2, 0.25) is 0 Å². The molecule has 0 saturated carbocycles. The molecule has 0 unspecified atom stereocenters. The summed E-state index contributed by atoms with van der Waals surface area (Å²) in [5, 5.41) is 12.9. The number of aliphatic hydroxyl groups is 1. The summed E-state index contributed by atoms with van der Waals surface area (Å²) in [7, 11) is 0. The number of aromatic nitrogens is 4. The Morgan fingerprint density at radius 2 is 1.86 bits per heavy atom. The third-order valence-corrected chi connectivity index (χ3v) is 3.82. The maximum atomic E-state index is 8.74. The molecule has 2 heterocycles. The molecule has 3 N–H and O–H groups in total. The minimum Gasteiger partial charge on any atom is -0.396 e. The highest BCUT2D eigenvalue weighted by Gasteiger charge is 2.12. The number of hydrogen-bond donors (Lipinski definition) is 2. The zero-order valence-corrected chi connectivity index (χ0v) is 12.8. The Morgan fingerprint density at radius 1 is 1.14 bits per heavy atom. The van der Waals surface area contributed by atoms with Crippen molar-refractivity contribution in [3.8, 4) is 0 Å². The molecule has 0 amide bonds. The van der Waals surface area contributed by atoms with E-state index in [0.717, 1.165) is 43.4 Å². The van der Waals surface area contributed by atoms with Gasteiger partial charge in [-0.05, 0) is 25.7 Å². The first kappa shape index (κ1) is 15.7. The van der Waals surface area contributed by atoms with E-state index >= 15 is 0 Å². The van der Waals surface area contributed by atoms with Crippen LogP contribution in [0.1, 0.15) is 56.7 Å². The summed E-state index contributed by atoms with van der Waals surface area (Å²) in [6.45, 7) is 2.40. The Labute approximate surface area is 125 Å². The second-order valence-electron chi connectivity index (χ2n) is 5.34. The summed E-state index contributed by atoms with van der Waals surface area (Å²) >= 11 is 0. The molecule has 0 radical (unpaired) electrons. The number of unbranched alkanes of at least 4 members (excludes halogenated alkanes) is 5. The van der Waals surface area contributed by atoms with Gasteiger partial charge in [0.1, 0.15) is 12.1 Å². The molecule has 0 aliphatic rings. The number of aliphatic hydroxyl groups excluding tert-OH is 1. The normalized spacial score (nSPS) is 11.3. The lowest BCUT2D eigenvalue weighted by Crippen LogP contribution is -2.10. The highest BCUT2D eigenvalue weighted by atomic mass is 16.2. The van der Waals surface area contributed by atoms with Crippen LogP contribution >= 0.6 is 0 Å². The van der Waals surface area contributed by atoms with Gasteiger partial charge in [0, 0.05) is 12.2 Å². The van der Waals surface area contributed by atoms with Crippen molar-refractivity contribution in [2.45, 2.75) is 58.3 Å². The third-order valence-electron chi connectivity index (χ3n) is 3.82. The molecule has 6 nitrogen and oxygen atoms in total. The molecule has 0 fully saturated rings. The number of fused-ring (bicyclic) bond motifs is 1. The van der Waals surface area contributed by atoms with E-state index in [2.05, 4.69) is 22.0 Å². The molecule has 0 saturated heterocycles. The molecular formula is C15H25N5O. The maximum Gasteiger partial charge on any atom is 0.254 e. The molecular weight excluding hydrogens is 266 g/mol. The van der Waals surface area contributed by atoms with Crippen molar-refractivity contribution in [2.24, 2.45) is 0 Å². The summed E-state index contributed by atoms with van der Waals surface area (Å²) in [6.07, 6.45) is 10.0. The predicted octanol–water partition coefficient (Wildman–Crippen LogP) is 2.14. The number of aryl methyl sites for hydroxylation is 1. The van der Waals surface area contributed by atoms with E-state index in [9.17, 15) is 0 Å². The second kappa shape index (κ2) is 7.93. The van der Waals surface area contributed by atoms with Gasteiger partial charge in [0.25, 0.3) is 5.78 Å². The molecule has 2 aromatic rings. The molecule has 6 heteroatoms. The van der Waals surface area contributed by atoms with Crippen LogP contribution in [-0.4, -0.2) is 31.3 Å². The number of nitrogens with zero attached hydrogens (tertiary/aromatic N) is 4. The van der Waals surface area contributed by atoms with Crippen molar-refractivity contribution in [1.82, 2.24) is 19.6 Å². The van der Waals surface area contributed by atoms with Crippen molar-refractivity contribution in [1.29, 1.82) is 0 Å². The quantitative estimate of drug-likeness (QED) is 0.691. The average Bonchev–Trinajstić information content (AvgIpc) is 2.96. The number of anilines is 1. The van der Waals surface area contributed by atoms with E-state index < -0.39 is 0 Å². The van der Waals surface area contributed by atoms with Gasteiger partial charge in [-0.2, -0.15) is 14.6 Å². The predicted molar refractivity (Wildman–Crippen MR) is 83.1 cm³/mol. The molecule has 2 rings (SSSR count). The molecule has 0 aliphatic carbocycles. The van der Waals surface area contributed by atoms with Gasteiger partial charge in [-0.3, -0.25) is 0 Å². The Kier molecular flexibility index (Phi) is 5.92. The lowest BCUT2D eigenvalue weighted by atomic mass is 10.0. The highest BCUT2D eigenvalue weighted by Crippen LogP contribution is 2.20. The Hall–Kier alpha value is -1.69. The number of nitrogens with two attached hydrogens (primary N) is 1.